The highest BCUT2D eigenvalue weighted by Gasteiger charge is 2.22. The summed E-state index contributed by atoms with van der Waals surface area (Å²) in [5, 5.41) is 29.7. The van der Waals surface area contributed by atoms with Gasteiger partial charge in [-0.15, -0.1) is 0 Å². The molecule has 0 saturated carbocycles. The number of benzene rings is 2. The van der Waals surface area contributed by atoms with Gasteiger partial charge >= 0.3 is 11.6 Å². The van der Waals surface area contributed by atoms with Crippen molar-refractivity contribution in [3.8, 4) is 23.0 Å². The van der Waals surface area contributed by atoms with Gasteiger partial charge in [0.05, 0.1) is 5.39 Å². The summed E-state index contributed by atoms with van der Waals surface area (Å²) in [7, 11) is 0. The summed E-state index contributed by atoms with van der Waals surface area (Å²) in [6, 6.07) is 5.48. The number of phenols is 3. The second kappa shape index (κ2) is 4.91. The van der Waals surface area contributed by atoms with Crippen LogP contribution in [0.15, 0.2) is 37.9 Å². The molecule has 0 radical (unpaired) electrons. The summed E-state index contributed by atoms with van der Waals surface area (Å²) in [5.41, 5.74) is -0.709. The molecule has 0 fully saturated rings. The molecule has 0 amide bonds. The molecule has 0 aliphatic rings. The van der Waals surface area contributed by atoms with E-state index in [1.807, 2.05) is 0 Å². The Hall–Kier alpha value is -3.68. The van der Waals surface area contributed by atoms with Crippen molar-refractivity contribution >= 4 is 38.9 Å². The molecular formula is C17H10O8. The van der Waals surface area contributed by atoms with Gasteiger partial charge in [0.2, 0.25) is 11.5 Å². The maximum atomic E-state index is 12.3. The molecule has 0 saturated heterocycles. The highest BCUT2D eigenvalue weighted by molar-refractivity contribution is 6.14. The van der Waals surface area contributed by atoms with Crippen molar-refractivity contribution < 1.29 is 33.7 Å². The van der Waals surface area contributed by atoms with Crippen molar-refractivity contribution in [3.05, 3.63) is 34.7 Å². The lowest BCUT2D eigenvalue weighted by atomic mass is 10.1. The van der Waals surface area contributed by atoms with Gasteiger partial charge in [0.15, 0.2) is 16.9 Å². The van der Waals surface area contributed by atoms with E-state index in [1.165, 1.54) is 25.1 Å². The normalized spacial score (nSPS) is 11.4. The van der Waals surface area contributed by atoms with Crippen molar-refractivity contribution in [2.75, 3.05) is 0 Å². The molecule has 4 aromatic rings. The number of rotatable bonds is 1. The lowest BCUT2D eigenvalue weighted by Crippen LogP contribution is -2.02. The third-order valence-corrected chi connectivity index (χ3v) is 3.77. The highest BCUT2D eigenvalue weighted by atomic mass is 16.5. The van der Waals surface area contributed by atoms with E-state index in [0.29, 0.717) is 5.39 Å². The molecule has 2 aromatic carbocycles. The quantitative estimate of drug-likeness (QED) is 0.208. The van der Waals surface area contributed by atoms with E-state index in [0.717, 1.165) is 6.07 Å². The zero-order chi connectivity index (χ0) is 17.9. The zero-order valence-corrected chi connectivity index (χ0v) is 12.7. The van der Waals surface area contributed by atoms with Gasteiger partial charge in [0.25, 0.3) is 0 Å². The maximum absolute atomic E-state index is 12.3. The number of ether oxygens (including phenoxy) is 1. The number of phenolic OH excluding ortho intramolecular Hbond substituents is 3. The van der Waals surface area contributed by atoms with Crippen LogP contribution in [0.1, 0.15) is 6.92 Å². The maximum Gasteiger partial charge on any atom is 0.348 e. The second-order valence-corrected chi connectivity index (χ2v) is 5.42. The lowest BCUT2D eigenvalue weighted by molar-refractivity contribution is -0.131. The van der Waals surface area contributed by atoms with Crippen LogP contribution < -0.4 is 10.4 Å². The van der Waals surface area contributed by atoms with Crippen LogP contribution in [0.2, 0.25) is 0 Å². The Bertz CT molecular complexity index is 1240. The first-order valence-electron chi connectivity index (χ1n) is 7.12. The summed E-state index contributed by atoms with van der Waals surface area (Å²) in [6.07, 6.45) is 0. The summed E-state index contributed by atoms with van der Waals surface area (Å²) in [6.45, 7) is 1.24. The van der Waals surface area contributed by atoms with E-state index in [2.05, 4.69) is 0 Å². The van der Waals surface area contributed by atoms with Gasteiger partial charge in [0, 0.05) is 18.4 Å². The van der Waals surface area contributed by atoms with Crippen molar-refractivity contribution in [3.63, 3.8) is 0 Å². The van der Waals surface area contributed by atoms with Gasteiger partial charge in [0.1, 0.15) is 16.7 Å². The van der Waals surface area contributed by atoms with Crippen LogP contribution in [0.3, 0.4) is 0 Å². The molecule has 4 rings (SSSR count). The number of aromatic hydroxyl groups is 3. The number of furan rings is 1. The van der Waals surface area contributed by atoms with Crippen molar-refractivity contribution in [1.29, 1.82) is 0 Å². The van der Waals surface area contributed by atoms with Gasteiger partial charge in [-0.25, -0.2) is 4.79 Å². The number of hydrogen-bond donors (Lipinski definition) is 3. The molecule has 25 heavy (non-hydrogen) atoms. The Balaban J connectivity index is 2.14. The third-order valence-electron chi connectivity index (χ3n) is 3.77. The average Bonchev–Trinajstić information content (AvgIpc) is 2.92. The van der Waals surface area contributed by atoms with Crippen LogP contribution in [0, 0.1) is 0 Å². The summed E-state index contributed by atoms with van der Waals surface area (Å²) in [4.78, 5) is 23.4. The SMILES string of the molecule is CC(=O)Oc1ccc2c(c1)oc(=O)c1c3cc(O)c(O)c(O)c3oc21. The molecule has 8 heteroatoms. The Morgan fingerprint density at radius 2 is 1.76 bits per heavy atom. The highest BCUT2D eigenvalue weighted by Crippen LogP contribution is 2.45. The molecule has 8 nitrogen and oxygen atoms in total. The van der Waals surface area contributed by atoms with E-state index in [9.17, 15) is 24.9 Å². The fourth-order valence-electron chi connectivity index (χ4n) is 2.74. The van der Waals surface area contributed by atoms with E-state index in [-0.39, 0.29) is 33.3 Å². The first-order valence-corrected chi connectivity index (χ1v) is 7.12. The van der Waals surface area contributed by atoms with Crippen molar-refractivity contribution in [2.24, 2.45) is 0 Å². The van der Waals surface area contributed by atoms with E-state index in [1.54, 1.807) is 0 Å². The molecule has 0 aliphatic heterocycles. The van der Waals surface area contributed by atoms with E-state index in [4.69, 9.17) is 13.6 Å². The van der Waals surface area contributed by atoms with Gasteiger partial charge in [-0.05, 0) is 18.2 Å². The van der Waals surface area contributed by atoms with Gasteiger partial charge in [-0.2, -0.15) is 0 Å². The molecule has 0 bridgehead atoms. The number of fused-ring (bicyclic) bond motifs is 5. The Morgan fingerprint density at radius 1 is 1.00 bits per heavy atom. The Kier molecular flexibility index (Phi) is 2.92. The minimum atomic E-state index is -0.772. The topological polar surface area (TPSA) is 130 Å². The molecule has 3 N–H and O–H groups in total. The van der Waals surface area contributed by atoms with Crippen LogP contribution in [-0.4, -0.2) is 21.3 Å². The fraction of sp³-hybridized carbons (Fsp3) is 0.0588. The van der Waals surface area contributed by atoms with Gasteiger partial charge in [-0.3, -0.25) is 4.79 Å². The van der Waals surface area contributed by atoms with Crippen molar-refractivity contribution in [1.82, 2.24) is 0 Å². The summed E-state index contributed by atoms with van der Waals surface area (Å²) in [5.74, 6) is -2.37. The molecule has 2 aromatic heterocycles. The molecule has 0 atom stereocenters. The predicted octanol–water partition coefficient (Wildman–Crippen LogP) is 2.73. The minimum Gasteiger partial charge on any atom is -0.504 e. The minimum absolute atomic E-state index is 0.00772. The number of carbonyl (C=O) groups is 1. The summed E-state index contributed by atoms with van der Waals surface area (Å²) >= 11 is 0. The number of carbonyl (C=O) groups excluding carboxylic acids is 1. The Morgan fingerprint density at radius 3 is 2.48 bits per heavy atom. The first-order chi connectivity index (χ1) is 11.9. The smallest absolute Gasteiger partial charge is 0.348 e. The molecule has 0 unspecified atom stereocenters. The molecule has 0 spiro atoms. The van der Waals surface area contributed by atoms with Crippen LogP contribution in [0.5, 0.6) is 23.0 Å². The molecule has 2 heterocycles. The summed E-state index contributed by atoms with van der Waals surface area (Å²) < 4.78 is 15.7. The van der Waals surface area contributed by atoms with Crippen LogP contribution >= 0.6 is 0 Å². The van der Waals surface area contributed by atoms with Crippen molar-refractivity contribution in [2.45, 2.75) is 6.92 Å². The Labute approximate surface area is 138 Å². The predicted molar refractivity (Wildman–Crippen MR) is 86.1 cm³/mol. The van der Waals surface area contributed by atoms with Crippen LogP contribution in [0.25, 0.3) is 32.9 Å². The standard InChI is InChI=1S/C17H10O8/c1-6(18)23-7-2-3-8-11(4-7)24-17(22)12-9-5-10(19)13(20)14(21)16(9)25-15(8)12/h2-5,19-21H,1H3. The van der Waals surface area contributed by atoms with Gasteiger partial charge in [-0.1, -0.05) is 0 Å². The lowest BCUT2D eigenvalue weighted by Gasteiger charge is -2.02. The second-order valence-electron chi connectivity index (χ2n) is 5.42. The number of esters is 1. The number of hydrogen-bond acceptors (Lipinski definition) is 8. The molecular weight excluding hydrogens is 332 g/mol. The zero-order valence-electron chi connectivity index (χ0n) is 12.7. The average molecular weight is 342 g/mol. The first kappa shape index (κ1) is 14.9. The van der Waals surface area contributed by atoms with Crippen LogP contribution in [0.4, 0.5) is 0 Å². The van der Waals surface area contributed by atoms with Crippen LogP contribution in [-0.2, 0) is 4.79 Å². The van der Waals surface area contributed by atoms with E-state index < -0.39 is 28.8 Å². The third kappa shape index (κ3) is 2.08. The fourth-order valence-corrected chi connectivity index (χ4v) is 2.74. The molecule has 0 aliphatic carbocycles. The van der Waals surface area contributed by atoms with Gasteiger partial charge < -0.3 is 28.9 Å². The largest absolute Gasteiger partial charge is 0.504 e. The monoisotopic (exact) mass is 342 g/mol. The molecule has 126 valence electrons. The van der Waals surface area contributed by atoms with E-state index >= 15 is 0 Å².